The van der Waals surface area contributed by atoms with E-state index in [4.69, 9.17) is 0 Å². The molecule has 0 spiro atoms. The van der Waals surface area contributed by atoms with Crippen LogP contribution >= 0.6 is 0 Å². The van der Waals surface area contributed by atoms with Gasteiger partial charge in [0.2, 0.25) is 0 Å². The topological polar surface area (TPSA) is 15.3 Å². The molecule has 1 N–H and O–H groups in total. The number of likely N-dealkylation sites (tertiary alicyclic amines) is 1. The third-order valence-corrected chi connectivity index (χ3v) is 4.94. The highest BCUT2D eigenvalue weighted by Gasteiger charge is 2.22. The molecule has 1 saturated heterocycles. The summed E-state index contributed by atoms with van der Waals surface area (Å²) in [5.41, 5.74) is 3.18. The maximum atomic E-state index is 3.73. The maximum Gasteiger partial charge on any atom is 0.0218 e. The Bertz CT molecular complexity index is 415. The lowest BCUT2D eigenvalue weighted by Gasteiger charge is -2.27. The number of hydrogen-bond acceptors (Lipinski definition) is 2. The molecule has 0 aromatic heterocycles. The zero-order valence-corrected chi connectivity index (χ0v) is 12.1. The van der Waals surface area contributed by atoms with Crippen molar-refractivity contribution in [2.45, 2.75) is 44.1 Å². The molecule has 2 heteroatoms. The fourth-order valence-corrected chi connectivity index (χ4v) is 3.73. The molecule has 3 rings (SSSR count). The van der Waals surface area contributed by atoms with Crippen molar-refractivity contribution in [1.82, 2.24) is 10.2 Å². The molecule has 1 heterocycles. The van der Waals surface area contributed by atoms with Crippen molar-refractivity contribution >= 4 is 0 Å². The highest BCUT2D eigenvalue weighted by Crippen LogP contribution is 2.30. The number of nitrogens with zero attached hydrogens (tertiary/aromatic N) is 1. The zero-order valence-electron chi connectivity index (χ0n) is 12.1. The molecule has 2 nitrogen and oxygen atoms in total. The molecule has 0 saturated carbocycles. The van der Waals surface area contributed by atoms with Gasteiger partial charge in [-0.15, -0.1) is 0 Å². The van der Waals surface area contributed by atoms with Crippen LogP contribution in [-0.4, -0.2) is 37.6 Å². The molecule has 1 aliphatic heterocycles. The molecule has 1 aromatic carbocycles. The maximum absolute atomic E-state index is 3.73. The van der Waals surface area contributed by atoms with Gasteiger partial charge in [-0.2, -0.15) is 0 Å². The number of likely N-dealkylation sites (N-methyl/N-ethyl adjacent to an activating group) is 1. The number of aryl methyl sites for hydroxylation is 1. The van der Waals surface area contributed by atoms with Crippen LogP contribution in [0.5, 0.6) is 0 Å². The second-order valence-corrected chi connectivity index (χ2v) is 6.22. The van der Waals surface area contributed by atoms with Gasteiger partial charge in [0.15, 0.2) is 0 Å². The zero-order chi connectivity index (χ0) is 13.1. The van der Waals surface area contributed by atoms with Gasteiger partial charge in [0.1, 0.15) is 0 Å². The summed E-state index contributed by atoms with van der Waals surface area (Å²) in [5, 5.41) is 3.73. The van der Waals surface area contributed by atoms with Gasteiger partial charge in [-0.25, -0.2) is 0 Å². The highest BCUT2D eigenvalue weighted by atomic mass is 15.2. The summed E-state index contributed by atoms with van der Waals surface area (Å²) in [6, 6.07) is 9.79. The lowest BCUT2D eigenvalue weighted by atomic mass is 9.83. The first kappa shape index (κ1) is 13.1. The number of rotatable bonds is 4. The van der Waals surface area contributed by atoms with E-state index in [2.05, 4.69) is 41.5 Å². The fourth-order valence-electron chi connectivity index (χ4n) is 3.73. The lowest BCUT2D eigenvalue weighted by Crippen LogP contribution is -2.37. The van der Waals surface area contributed by atoms with Gasteiger partial charge >= 0.3 is 0 Å². The molecule has 104 valence electrons. The SMILES string of the molecule is CN1CCCC1CNCC1CCCc2ccccc21. The summed E-state index contributed by atoms with van der Waals surface area (Å²) >= 11 is 0. The molecule has 1 fully saturated rings. The lowest BCUT2D eigenvalue weighted by molar-refractivity contribution is 0.297. The van der Waals surface area contributed by atoms with E-state index in [1.165, 1.54) is 38.6 Å². The van der Waals surface area contributed by atoms with Crippen LogP contribution < -0.4 is 5.32 Å². The van der Waals surface area contributed by atoms with Gasteiger partial charge in [-0.1, -0.05) is 24.3 Å². The van der Waals surface area contributed by atoms with Crippen molar-refractivity contribution in [3.63, 3.8) is 0 Å². The molecule has 1 aliphatic carbocycles. The smallest absolute Gasteiger partial charge is 0.0218 e. The number of fused-ring (bicyclic) bond motifs is 1. The Kier molecular flexibility index (Phi) is 4.19. The molecule has 0 amide bonds. The monoisotopic (exact) mass is 258 g/mol. The second kappa shape index (κ2) is 6.06. The Morgan fingerprint density at radius 2 is 2.05 bits per heavy atom. The third-order valence-electron chi connectivity index (χ3n) is 4.94. The van der Waals surface area contributed by atoms with Crippen LogP contribution in [0.15, 0.2) is 24.3 Å². The quantitative estimate of drug-likeness (QED) is 0.893. The predicted octanol–water partition coefficient (Wildman–Crippen LogP) is 2.79. The molecule has 2 aliphatic rings. The predicted molar refractivity (Wildman–Crippen MR) is 80.6 cm³/mol. The van der Waals surface area contributed by atoms with E-state index < -0.39 is 0 Å². The summed E-state index contributed by atoms with van der Waals surface area (Å²) in [4.78, 5) is 2.50. The van der Waals surface area contributed by atoms with E-state index in [1.807, 2.05) is 0 Å². The average molecular weight is 258 g/mol. The normalized spacial score (nSPS) is 27.4. The van der Waals surface area contributed by atoms with Crippen molar-refractivity contribution in [3.05, 3.63) is 35.4 Å². The van der Waals surface area contributed by atoms with Gasteiger partial charge in [0.25, 0.3) is 0 Å². The summed E-state index contributed by atoms with van der Waals surface area (Å²) in [5.74, 6) is 0.733. The highest BCUT2D eigenvalue weighted by molar-refractivity contribution is 5.32. The molecule has 0 radical (unpaired) electrons. The number of benzene rings is 1. The van der Waals surface area contributed by atoms with E-state index in [9.17, 15) is 0 Å². The van der Waals surface area contributed by atoms with Gasteiger partial charge in [-0.05, 0) is 62.7 Å². The molecule has 2 atom stereocenters. The Morgan fingerprint density at radius 3 is 2.89 bits per heavy atom. The van der Waals surface area contributed by atoms with Crippen LogP contribution in [0.3, 0.4) is 0 Å². The molecular formula is C17H26N2. The molecule has 0 bridgehead atoms. The standard InChI is InChI=1S/C17H26N2/c1-19-11-5-9-16(19)13-18-12-15-8-4-7-14-6-2-3-10-17(14)15/h2-3,6,10,15-16,18H,4-5,7-9,11-13H2,1H3. The Morgan fingerprint density at radius 1 is 1.16 bits per heavy atom. The van der Waals surface area contributed by atoms with Crippen LogP contribution in [0, 0.1) is 0 Å². The number of nitrogens with one attached hydrogen (secondary N) is 1. The van der Waals surface area contributed by atoms with E-state index >= 15 is 0 Å². The van der Waals surface area contributed by atoms with Gasteiger partial charge in [-0.3, -0.25) is 0 Å². The summed E-state index contributed by atoms with van der Waals surface area (Å²) in [6.07, 6.45) is 6.72. The van der Waals surface area contributed by atoms with E-state index in [0.29, 0.717) is 0 Å². The third kappa shape index (κ3) is 3.01. The summed E-state index contributed by atoms with van der Waals surface area (Å²) in [6.45, 7) is 3.59. The van der Waals surface area contributed by atoms with Crippen LogP contribution in [-0.2, 0) is 6.42 Å². The molecular weight excluding hydrogens is 232 g/mol. The summed E-state index contributed by atoms with van der Waals surface area (Å²) in [7, 11) is 2.26. The first-order valence-corrected chi connectivity index (χ1v) is 7.83. The largest absolute Gasteiger partial charge is 0.315 e. The molecule has 1 aromatic rings. The van der Waals surface area contributed by atoms with Crippen molar-refractivity contribution in [1.29, 1.82) is 0 Å². The van der Waals surface area contributed by atoms with E-state index in [-0.39, 0.29) is 0 Å². The van der Waals surface area contributed by atoms with E-state index in [0.717, 1.165) is 25.0 Å². The van der Waals surface area contributed by atoms with Gasteiger partial charge in [0.05, 0.1) is 0 Å². The first-order chi connectivity index (χ1) is 9.34. The Labute approximate surface area is 117 Å². The minimum absolute atomic E-state index is 0.733. The van der Waals surface area contributed by atoms with Crippen molar-refractivity contribution < 1.29 is 0 Å². The molecule has 2 unspecified atom stereocenters. The Hall–Kier alpha value is -0.860. The average Bonchev–Trinajstić information content (AvgIpc) is 2.85. The molecule has 19 heavy (non-hydrogen) atoms. The van der Waals surface area contributed by atoms with Gasteiger partial charge < -0.3 is 10.2 Å². The van der Waals surface area contributed by atoms with Crippen LogP contribution in [0.25, 0.3) is 0 Å². The van der Waals surface area contributed by atoms with Crippen molar-refractivity contribution in [2.75, 3.05) is 26.7 Å². The second-order valence-electron chi connectivity index (χ2n) is 6.22. The van der Waals surface area contributed by atoms with Crippen molar-refractivity contribution in [3.8, 4) is 0 Å². The first-order valence-electron chi connectivity index (χ1n) is 7.83. The minimum Gasteiger partial charge on any atom is -0.315 e. The minimum atomic E-state index is 0.733. The van der Waals surface area contributed by atoms with Crippen LogP contribution in [0.4, 0.5) is 0 Å². The fraction of sp³-hybridized carbons (Fsp3) is 0.647. The van der Waals surface area contributed by atoms with Crippen molar-refractivity contribution in [2.24, 2.45) is 0 Å². The van der Waals surface area contributed by atoms with Gasteiger partial charge in [0, 0.05) is 19.1 Å². The summed E-state index contributed by atoms with van der Waals surface area (Å²) < 4.78 is 0. The Balaban J connectivity index is 1.53. The van der Waals surface area contributed by atoms with Crippen LogP contribution in [0.1, 0.15) is 42.7 Å². The number of hydrogen-bond donors (Lipinski definition) is 1. The van der Waals surface area contributed by atoms with Crippen LogP contribution in [0.2, 0.25) is 0 Å². The van der Waals surface area contributed by atoms with E-state index in [1.54, 1.807) is 11.1 Å².